The van der Waals surface area contributed by atoms with Gasteiger partial charge in [-0.15, -0.1) is 0 Å². The van der Waals surface area contributed by atoms with Crippen molar-refractivity contribution in [2.24, 2.45) is 0 Å². The van der Waals surface area contributed by atoms with Crippen molar-refractivity contribution in [2.75, 3.05) is 13.7 Å². The molecule has 116 valence electrons. The molecule has 1 aliphatic carbocycles. The molecule has 2 heterocycles. The summed E-state index contributed by atoms with van der Waals surface area (Å²) in [7, 11) is 1.64. The van der Waals surface area contributed by atoms with Crippen molar-refractivity contribution in [2.45, 2.75) is 44.4 Å². The number of rotatable bonds is 4. The Kier molecular flexibility index (Phi) is 3.27. The zero-order valence-electron chi connectivity index (χ0n) is 13.1. The third kappa shape index (κ3) is 2.25. The highest BCUT2D eigenvalue weighted by Gasteiger charge is 2.49. The van der Waals surface area contributed by atoms with E-state index < -0.39 is 0 Å². The Bertz CT molecular complexity index is 678. The minimum atomic E-state index is 0.129. The molecule has 4 rings (SSSR count). The van der Waals surface area contributed by atoms with E-state index in [1.54, 1.807) is 12.7 Å². The normalized spacial score (nSPS) is 20.8. The fourth-order valence-electron chi connectivity index (χ4n) is 3.56. The van der Waals surface area contributed by atoms with Gasteiger partial charge in [0, 0.05) is 25.6 Å². The summed E-state index contributed by atoms with van der Waals surface area (Å²) in [6, 6.07) is 8.97. The highest BCUT2D eigenvalue weighted by atomic mass is 16.5. The van der Waals surface area contributed by atoms with Gasteiger partial charge in [0.25, 0.3) is 0 Å². The highest BCUT2D eigenvalue weighted by Crippen LogP contribution is 2.53. The van der Waals surface area contributed by atoms with Gasteiger partial charge >= 0.3 is 0 Å². The summed E-state index contributed by atoms with van der Waals surface area (Å²) >= 11 is 0. The lowest BCUT2D eigenvalue weighted by atomic mass is 9.86. The van der Waals surface area contributed by atoms with Crippen molar-refractivity contribution in [1.82, 2.24) is 15.0 Å². The third-order valence-electron chi connectivity index (χ3n) is 4.98. The summed E-state index contributed by atoms with van der Waals surface area (Å²) < 4.78 is 10.5. The number of nitrogens with zero attached hydrogens (tertiary/aromatic N) is 3. The van der Waals surface area contributed by atoms with Crippen LogP contribution in [0.15, 0.2) is 28.8 Å². The summed E-state index contributed by atoms with van der Waals surface area (Å²) in [6.45, 7) is 4.56. The molecule has 0 N–H and O–H groups in total. The second kappa shape index (κ2) is 5.18. The number of methoxy groups -OCH3 is 1. The summed E-state index contributed by atoms with van der Waals surface area (Å²) in [5.74, 6) is 1.30. The standard InChI is InChI=1S/C17H21N3O2/c1-12(16-18-15(10-21-2)19-22-16)20-9-13-5-3-4-6-14(13)17(11-20)7-8-17/h3-6,12H,7-11H2,1-2H3. The maximum atomic E-state index is 5.43. The summed E-state index contributed by atoms with van der Waals surface area (Å²) in [6.07, 6.45) is 2.57. The van der Waals surface area contributed by atoms with Gasteiger partial charge in [0.1, 0.15) is 6.61 Å². The van der Waals surface area contributed by atoms with Crippen molar-refractivity contribution in [3.8, 4) is 0 Å². The predicted molar refractivity (Wildman–Crippen MR) is 81.2 cm³/mol. The molecule has 0 saturated heterocycles. The predicted octanol–water partition coefficient (Wildman–Crippen LogP) is 2.82. The molecule has 1 atom stereocenters. The Morgan fingerprint density at radius 2 is 2.18 bits per heavy atom. The Morgan fingerprint density at radius 3 is 2.95 bits per heavy atom. The van der Waals surface area contributed by atoms with Gasteiger partial charge in [0.05, 0.1) is 6.04 Å². The van der Waals surface area contributed by atoms with Crippen LogP contribution < -0.4 is 0 Å². The van der Waals surface area contributed by atoms with Crippen LogP contribution in [0.3, 0.4) is 0 Å². The van der Waals surface area contributed by atoms with Gasteiger partial charge in [-0.3, -0.25) is 4.90 Å². The topological polar surface area (TPSA) is 51.4 Å². The van der Waals surface area contributed by atoms with Crippen LogP contribution in [0.25, 0.3) is 0 Å². The van der Waals surface area contributed by atoms with Crippen LogP contribution in [0.4, 0.5) is 0 Å². The third-order valence-corrected chi connectivity index (χ3v) is 4.98. The maximum absolute atomic E-state index is 5.43. The molecule has 0 radical (unpaired) electrons. The number of benzene rings is 1. The maximum Gasteiger partial charge on any atom is 0.243 e. The van der Waals surface area contributed by atoms with E-state index in [-0.39, 0.29) is 6.04 Å². The number of hydrogen-bond acceptors (Lipinski definition) is 5. The molecule has 1 aliphatic heterocycles. The van der Waals surface area contributed by atoms with Gasteiger partial charge in [-0.25, -0.2) is 0 Å². The molecule has 1 saturated carbocycles. The Balaban J connectivity index is 1.58. The second-order valence-corrected chi connectivity index (χ2v) is 6.50. The zero-order chi connectivity index (χ0) is 15.2. The van der Waals surface area contributed by atoms with Crippen LogP contribution in [0.2, 0.25) is 0 Å². The first-order chi connectivity index (χ1) is 10.7. The first kappa shape index (κ1) is 13.9. The average Bonchev–Trinajstić information content (AvgIpc) is 3.14. The molecule has 1 fully saturated rings. The van der Waals surface area contributed by atoms with Crippen molar-refractivity contribution >= 4 is 0 Å². The monoisotopic (exact) mass is 299 g/mol. The van der Waals surface area contributed by atoms with Crippen LogP contribution in [0, 0.1) is 0 Å². The highest BCUT2D eigenvalue weighted by molar-refractivity contribution is 5.41. The molecule has 2 aliphatic rings. The molecule has 1 aromatic carbocycles. The van der Waals surface area contributed by atoms with Crippen molar-refractivity contribution in [3.05, 3.63) is 47.1 Å². The van der Waals surface area contributed by atoms with Crippen LogP contribution in [0.1, 0.15) is 48.6 Å². The fraction of sp³-hybridized carbons (Fsp3) is 0.529. The van der Waals surface area contributed by atoms with Crippen LogP contribution in [-0.2, 0) is 23.3 Å². The van der Waals surface area contributed by atoms with E-state index >= 15 is 0 Å². The van der Waals surface area contributed by atoms with E-state index in [4.69, 9.17) is 9.26 Å². The number of fused-ring (bicyclic) bond motifs is 2. The van der Waals surface area contributed by atoms with Gasteiger partial charge in [-0.2, -0.15) is 4.98 Å². The first-order valence-corrected chi connectivity index (χ1v) is 7.86. The second-order valence-electron chi connectivity index (χ2n) is 6.50. The number of ether oxygens (including phenoxy) is 1. The molecular formula is C17H21N3O2. The van der Waals surface area contributed by atoms with Gasteiger partial charge < -0.3 is 9.26 Å². The summed E-state index contributed by atoms with van der Waals surface area (Å²) in [5, 5.41) is 3.98. The molecule has 2 aromatic rings. The average molecular weight is 299 g/mol. The van der Waals surface area contributed by atoms with Gasteiger partial charge in [0.15, 0.2) is 5.82 Å². The molecule has 0 bridgehead atoms. The minimum absolute atomic E-state index is 0.129. The van der Waals surface area contributed by atoms with Crippen molar-refractivity contribution < 1.29 is 9.26 Å². The van der Waals surface area contributed by atoms with Crippen molar-refractivity contribution in [1.29, 1.82) is 0 Å². The minimum Gasteiger partial charge on any atom is -0.377 e. The SMILES string of the molecule is COCc1noc(C(C)N2Cc3ccccc3C3(CC3)C2)n1. The van der Waals surface area contributed by atoms with Gasteiger partial charge in [-0.1, -0.05) is 29.4 Å². The zero-order valence-corrected chi connectivity index (χ0v) is 13.1. The molecule has 22 heavy (non-hydrogen) atoms. The van der Waals surface area contributed by atoms with Crippen LogP contribution in [0.5, 0.6) is 0 Å². The molecule has 1 aromatic heterocycles. The van der Waals surface area contributed by atoms with Crippen LogP contribution >= 0.6 is 0 Å². The largest absolute Gasteiger partial charge is 0.377 e. The smallest absolute Gasteiger partial charge is 0.243 e. The molecule has 5 heteroatoms. The molecule has 0 amide bonds. The Morgan fingerprint density at radius 1 is 1.36 bits per heavy atom. The first-order valence-electron chi connectivity index (χ1n) is 7.86. The van der Waals surface area contributed by atoms with E-state index in [0.717, 1.165) is 13.1 Å². The lowest BCUT2D eigenvalue weighted by Gasteiger charge is -2.37. The lowest BCUT2D eigenvalue weighted by Crippen LogP contribution is -2.39. The Hall–Kier alpha value is -1.72. The van der Waals surface area contributed by atoms with E-state index in [9.17, 15) is 0 Å². The van der Waals surface area contributed by atoms with E-state index in [1.165, 1.54) is 18.4 Å². The van der Waals surface area contributed by atoms with Gasteiger partial charge in [-0.05, 0) is 30.9 Å². The Labute approximate surface area is 130 Å². The molecule has 1 spiro atoms. The van der Waals surface area contributed by atoms with E-state index in [2.05, 4.69) is 46.2 Å². The van der Waals surface area contributed by atoms with Crippen LogP contribution in [-0.4, -0.2) is 28.7 Å². The lowest BCUT2D eigenvalue weighted by molar-refractivity contribution is 0.138. The summed E-state index contributed by atoms with van der Waals surface area (Å²) in [4.78, 5) is 6.91. The fourth-order valence-corrected chi connectivity index (χ4v) is 3.56. The molecular weight excluding hydrogens is 278 g/mol. The summed E-state index contributed by atoms with van der Waals surface area (Å²) in [5.41, 5.74) is 3.34. The number of aromatic nitrogens is 2. The number of hydrogen-bond donors (Lipinski definition) is 0. The quantitative estimate of drug-likeness (QED) is 0.869. The van der Waals surface area contributed by atoms with Crippen molar-refractivity contribution in [3.63, 3.8) is 0 Å². The molecule has 1 unspecified atom stereocenters. The molecule has 5 nitrogen and oxygen atoms in total. The van der Waals surface area contributed by atoms with E-state index in [0.29, 0.717) is 23.7 Å². The van der Waals surface area contributed by atoms with Gasteiger partial charge in [0.2, 0.25) is 5.89 Å². The van der Waals surface area contributed by atoms with E-state index in [1.807, 2.05) is 0 Å².